The molecule has 1 aliphatic heterocycles. The van der Waals surface area contributed by atoms with Gasteiger partial charge in [0.15, 0.2) is 17.1 Å². The van der Waals surface area contributed by atoms with Gasteiger partial charge in [0.05, 0.1) is 31.1 Å². The number of allylic oxidation sites excluding steroid dienone is 1. The maximum atomic E-state index is 9.59. The van der Waals surface area contributed by atoms with Crippen molar-refractivity contribution in [3.8, 4) is 6.07 Å². The Bertz CT molecular complexity index is 1270. The molecule has 0 bridgehead atoms. The molecule has 1 aliphatic carbocycles. The standard InChI is InChI=1S/C23H21Cl2N5O2/c1-13-9-15(5-6-23(13)31-7-8-32-23)20-12-27-21-19(11-26)29-30(22(21)28-20)14(2)17-4-3-16(24)10-18(17)25/h3-5,10,12-14H,6-9H2,1-2H3/t13?,14-/m1/s1. The molecule has 1 saturated heterocycles. The number of ether oxygens (including phenoxy) is 2. The molecule has 2 aromatic heterocycles. The number of hydrogen-bond donors (Lipinski definition) is 0. The van der Waals surface area contributed by atoms with Crippen LogP contribution in [0.2, 0.25) is 10.0 Å². The van der Waals surface area contributed by atoms with Gasteiger partial charge in [0.25, 0.3) is 0 Å². The lowest BCUT2D eigenvalue weighted by Gasteiger charge is -2.36. The summed E-state index contributed by atoms with van der Waals surface area (Å²) < 4.78 is 13.5. The van der Waals surface area contributed by atoms with Crippen LogP contribution in [0.15, 0.2) is 30.5 Å². The predicted octanol–water partition coefficient (Wildman–Crippen LogP) is 5.17. The summed E-state index contributed by atoms with van der Waals surface area (Å²) in [6.07, 6.45) is 5.26. The Kier molecular flexibility index (Phi) is 5.42. The Morgan fingerprint density at radius 1 is 1.28 bits per heavy atom. The van der Waals surface area contributed by atoms with Crippen LogP contribution in [-0.2, 0) is 9.47 Å². The van der Waals surface area contributed by atoms with E-state index in [9.17, 15) is 5.26 Å². The summed E-state index contributed by atoms with van der Waals surface area (Å²) in [7, 11) is 0. The Hall–Kier alpha value is -2.50. The van der Waals surface area contributed by atoms with Gasteiger partial charge >= 0.3 is 0 Å². The molecule has 5 rings (SSSR count). The molecule has 32 heavy (non-hydrogen) atoms. The smallest absolute Gasteiger partial charge is 0.190 e. The number of fused-ring (bicyclic) bond motifs is 1. The number of aromatic nitrogens is 4. The molecule has 3 aromatic rings. The molecule has 0 N–H and O–H groups in total. The minimum absolute atomic E-state index is 0.189. The highest BCUT2D eigenvalue weighted by molar-refractivity contribution is 6.35. The summed E-state index contributed by atoms with van der Waals surface area (Å²) in [5.41, 5.74) is 3.92. The fraction of sp³-hybridized carbons (Fsp3) is 0.391. The van der Waals surface area contributed by atoms with Gasteiger partial charge in [0, 0.05) is 22.4 Å². The first-order chi connectivity index (χ1) is 15.4. The maximum Gasteiger partial charge on any atom is 0.190 e. The van der Waals surface area contributed by atoms with Crippen LogP contribution in [-0.4, -0.2) is 38.7 Å². The topological polar surface area (TPSA) is 85.9 Å². The molecule has 0 saturated carbocycles. The lowest BCUT2D eigenvalue weighted by Crippen LogP contribution is -2.39. The fourth-order valence-corrected chi connectivity index (χ4v) is 5.06. The first kappa shape index (κ1) is 21.4. The minimum Gasteiger partial charge on any atom is -0.347 e. The van der Waals surface area contributed by atoms with Gasteiger partial charge in [0.1, 0.15) is 11.6 Å². The van der Waals surface area contributed by atoms with Gasteiger partial charge in [-0.1, -0.05) is 42.3 Å². The van der Waals surface area contributed by atoms with Crippen LogP contribution in [0.4, 0.5) is 0 Å². The molecule has 1 aromatic carbocycles. The third-order valence-corrected chi connectivity index (χ3v) is 6.87. The van der Waals surface area contributed by atoms with Gasteiger partial charge in [-0.3, -0.25) is 0 Å². The molecule has 2 atom stereocenters. The molecular formula is C23H21Cl2N5O2. The number of nitrogens with zero attached hydrogens (tertiary/aromatic N) is 5. The van der Waals surface area contributed by atoms with Crippen molar-refractivity contribution < 1.29 is 9.47 Å². The Morgan fingerprint density at radius 2 is 2.06 bits per heavy atom. The summed E-state index contributed by atoms with van der Waals surface area (Å²) in [4.78, 5) is 9.43. The van der Waals surface area contributed by atoms with Crippen molar-refractivity contribution in [2.24, 2.45) is 5.92 Å². The third-order valence-electron chi connectivity index (χ3n) is 6.30. The zero-order valence-electron chi connectivity index (χ0n) is 17.7. The van der Waals surface area contributed by atoms with Gasteiger partial charge in [-0.05, 0) is 36.6 Å². The van der Waals surface area contributed by atoms with E-state index < -0.39 is 5.79 Å². The molecule has 1 spiro atoms. The minimum atomic E-state index is -0.531. The molecule has 0 radical (unpaired) electrons. The number of benzene rings is 1. The largest absolute Gasteiger partial charge is 0.347 e. The molecule has 164 valence electrons. The molecule has 7 nitrogen and oxygen atoms in total. The van der Waals surface area contributed by atoms with Gasteiger partial charge in [0.2, 0.25) is 0 Å². The Balaban J connectivity index is 1.56. The zero-order chi connectivity index (χ0) is 22.5. The maximum absolute atomic E-state index is 9.59. The van der Waals surface area contributed by atoms with Crippen LogP contribution in [0, 0.1) is 17.2 Å². The van der Waals surface area contributed by atoms with Crippen LogP contribution in [0.3, 0.4) is 0 Å². The average Bonchev–Trinajstić information content (AvgIpc) is 3.40. The van der Waals surface area contributed by atoms with Crippen molar-refractivity contribution in [3.63, 3.8) is 0 Å². The molecule has 0 amide bonds. The van der Waals surface area contributed by atoms with Crippen molar-refractivity contribution >= 4 is 39.9 Å². The molecule has 9 heteroatoms. The lowest BCUT2D eigenvalue weighted by molar-refractivity contribution is -0.190. The van der Waals surface area contributed by atoms with Crippen LogP contribution >= 0.6 is 23.2 Å². The third kappa shape index (κ3) is 3.48. The molecule has 1 unspecified atom stereocenters. The first-order valence-corrected chi connectivity index (χ1v) is 11.2. The highest BCUT2D eigenvalue weighted by atomic mass is 35.5. The summed E-state index contributed by atoms with van der Waals surface area (Å²) in [6, 6.07) is 7.19. The molecule has 2 aliphatic rings. The van der Waals surface area contributed by atoms with E-state index in [-0.39, 0.29) is 17.7 Å². The number of hydrogen-bond acceptors (Lipinski definition) is 6. The monoisotopic (exact) mass is 469 g/mol. The fourth-order valence-electron chi connectivity index (χ4n) is 4.50. The Labute approximate surface area is 195 Å². The summed E-state index contributed by atoms with van der Waals surface area (Å²) >= 11 is 12.5. The lowest BCUT2D eigenvalue weighted by atomic mass is 9.83. The van der Waals surface area contributed by atoms with Gasteiger partial charge in [-0.25, -0.2) is 14.6 Å². The molecule has 1 fully saturated rings. The van der Waals surface area contributed by atoms with Crippen LogP contribution in [0.25, 0.3) is 16.7 Å². The Morgan fingerprint density at radius 3 is 2.75 bits per heavy atom. The number of rotatable bonds is 3. The highest BCUT2D eigenvalue weighted by Crippen LogP contribution is 2.42. The van der Waals surface area contributed by atoms with Gasteiger partial charge in [-0.2, -0.15) is 10.4 Å². The van der Waals surface area contributed by atoms with Crippen LogP contribution in [0.1, 0.15) is 49.7 Å². The van der Waals surface area contributed by atoms with E-state index in [4.69, 9.17) is 37.7 Å². The first-order valence-electron chi connectivity index (χ1n) is 10.5. The second-order valence-electron chi connectivity index (χ2n) is 8.22. The van der Waals surface area contributed by atoms with Gasteiger partial charge in [-0.15, -0.1) is 0 Å². The SMILES string of the molecule is CC1CC(c2cnc3c(C#N)nn([C@H](C)c4ccc(Cl)cc4Cl)c3n2)=CCC12OCCO2. The van der Waals surface area contributed by atoms with E-state index in [0.717, 1.165) is 23.3 Å². The van der Waals surface area contributed by atoms with E-state index in [1.165, 1.54) is 0 Å². The molecule has 3 heterocycles. The number of halogens is 2. The quantitative estimate of drug-likeness (QED) is 0.525. The van der Waals surface area contributed by atoms with Crippen LogP contribution < -0.4 is 0 Å². The molecular weight excluding hydrogens is 449 g/mol. The van der Waals surface area contributed by atoms with Crippen molar-refractivity contribution in [1.82, 2.24) is 19.7 Å². The van der Waals surface area contributed by atoms with E-state index in [1.54, 1.807) is 23.0 Å². The van der Waals surface area contributed by atoms with E-state index in [2.05, 4.69) is 29.2 Å². The average molecular weight is 470 g/mol. The van der Waals surface area contributed by atoms with Crippen molar-refractivity contribution in [3.05, 3.63) is 57.5 Å². The second kappa shape index (κ2) is 8.13. The van der Waals surface area contributed by atoms with Crippen molar-refractivity contribution in [2.75, 3.05) is 13.2 Å². The number of nitriles is 1. The second-order valence-corrected chi connectivity index (χ2v) is 9.07. The van der Waals surface area contributed by atoms with E-state index in [1.807, 2.05) is 13.0 Å². The van der Waals surface area contributed by atoms with Crippen molar-refractivity contribution in [1.29, 1.82) is 5.26 Å². The van der Waals surface area contributed by atoms with Crippen molar-refractivity contribution in [2.45, 2.75) is 38.5 Å². The summed E-state index contributed by atoms with van der Waals surface area (Å²) in [6.45, 7) is 5.34. The van der Waals surface area contributed by atoms with E-state index in [0.29, 0.717) is 40.8 Å². The zero-order valence-corrected chi connectivity index (χ0v) is 19.2. The summed E-state index contributed by atoms with van der Waals surface area (Å²) in [5.74, 6) is -0.342. The predicted molar refractivity (Wildman–Crippen MR) is 121 cm³/mol. The summed E-state index contributed by atoms with van der Waals surface area (Å²) in [5, 5.41) is 15.2. The van der Waals surface area contributed by atoms with E-state index >= 15 is 0 Å². The highest BCUT2D eigenvalue weighted by Gasteiger charge is 2.43. The normalized spacial score (nSPS) is 21.0. The van der Waals surface area contributed by atoms with Gasteiger partial charge < -0.3 is 9.47 Å². The van der Waals surface area contributed by atoms with Crippen LogP contribution in [0.5, 0.6) is 0 Å².